The number of anilines is 1. The first-order valence-electron chi connectivity index (χ1n) is 9.45. The molecule has 1 aliphatic rings. The molecule has 0 aliphatic carbocycles. The lowest BCUT2D eigenvalue weighted by Crippen LogP contribution is -2.33. The third kappa shape index (κ3) is 5.62. The molecule has 2 N–H and O–H groups in total. The lowest BCUT2D eigenvalue weighted by Gasteiger charge is -2.16. The molecule has 0 amide bonds. The van der Waals surface area contributed by atoms with Gasteiger partial charge in [-0.1, -0.05) is 6.07 Å². The summed E-state index contributed by atoms with van der Waals surface area (Å²) < 4.78 is 38.0. The Balaban J connectivity index is 1.63. The third-order valence-electron chi connectivity index (χ3n) is 4.20. The number of benzene rings is 1. The predicted octanol–water partition coefficient (Wildman–Crippen LogP) is 2.61. The van der Waals surface area contributed by atoms with Crippen molar-refractivity contribution in [1.29, 1.82) is 0 Å². The number of guanidine groups is 1. The molecular weight excluding hydrogens is 412 g/mol. The first-order valence-corrected chi connectivity index (χ1v) is 11.8. The molecule has 2 heterocycles. The second-order valence-corrected chi connectivity index (χ2v) is 9.58. The normalized spacial score (nSPS) is 14.5. The number of likely N-dealkylation sites (N-methyl/N-ethyl adjacent to an activating group) is 1. The van der Waals surface area contributed by atoms with E-state index in [0.29, 0.717) is 42.2 Å². The predicted molar refractivity (Wildman–Crippen MR) is 116 cm³/mol. The SMILES string of the molecule is CCNC(=NCCN(C)S(=O)(=O)c1cccs1)Nc1ccc2c(c1)OCCCO2. The van der Waals surface area contributed by atoms with Crippen molar-refractivity contribution in [2.75, 3.05) is 45.2 Å². The number of fused-ring (bicyclic) bond motifs is 1. The number of nitrogens with zero attached hydrogens (tertiary/aromatic N) is 2. The van der Waals surface area contributed by atoms with Crippen LogP contribution in [0.1, 0.15) is 13.3 Å². The molecule has 3 rings (SSSR count). The lowest BCUT2D eigenvalue weighted by atomic mass is 10.3. The van der Waals surface area contributed by atoms with E-state index in [0.717, 1.165) is 17.9 Å². The van der Waals surface area contributed by atoms with Crippen molar-refractivity contribution >= 4 is 33.0 Å². The van der Waals surface area contributed by atoms with Gasteiger partial charge in [-0.3, -0.25) is 4.99 Å². The minimum absolute atomic E-state index is 0.276. The molecule has 0 spiro atoms. The number of nitrogens with one attached hydrogen (secondary N) is 2. The van der Waals surface area contributed by atoms with Crippen molar-refractivity contribution in [2.45, 2.75) is 17.6 Å². The summed E-state index contributed by atoms with van der Waals surface area (Å²) in [6, 6.07) is 8.98. The van der Waals surface area contributed by atoms with Gasteiger partial charge >= 0.3 is 0 Å². The van der Waals surface area contributed by atoms with Crippen molar-refractivity contribution < 1.29 is 17.9 Å². The fourth-order valence-electron chi connectivity index (χ4n) is 2.67. The van der Waals surface area contributed by atoms with Crippen LogP contribution >= 0.6 is 11.3 Å². The van der Waals surface area contributed by atoms with Crippen LogP contribution in [0.4, 0.5) is 5.69 Å². The Morgan fingerprint density at radius 3 is 2.76 bits per heavy atom. The number of hydrogen-bond donors (Lipinski definition) is 2. The highest BCUT2D eigenvalue weighted by Crippen LogP contribution is 2.32. The molecular formula is C19H26N4O4S2. The highest BCUT2D eigenvalue weighted by molar-refractivity contribution is 7.91. The van der Waals surface area contributed by atoms with Crippen LogP contribution in [0.3, 0.4) is 0 Å². The standard InChI is InChI=1S/C19H26N4O4S2/c1-3-20-19(21-9-10-23(2)29(24,25)18-6-4-13-28-18)22-15-7-8-16-17(14-15)27-12-5-11-26-16/h4,6-8,13-14H,3,5,9-12H2,1-2H3,(H2,20,21,22). The number of thiophene rings is 1. The molecule has 1 aromatic carbocycles. The maximum absolute atomic E-state index is 12.5. The minimum atomic E-state index is -3.47. The number of ether oxygens (including phenoxy) is 2. The highest BCUT2D eigenvalue weighted by Gasteiger charge is 2.21. The third-order valence-corrected chi connectivity index (χ3v) is 7.43. The molecule has 0 fully saturated rings. The van der Waals surface area contributed by atoms with E-state index in [9.17, 15) is 8.42 Å². The van der Waals surface area contributed by atoms with Crippen molar-refractivity contribution in [3.8, 4) is 11.5 Å². The fraction of sp³-hybridized carbons (Fsp3) is 0.421. The first kappa shape index (κ1) is 21.4. The average molecular weight is 439 g/mol. The Kier molecular flexibility index (Phi) is 7.34. The van der Waals surface area contributed by atoms with Crippen LogP contribution in [0.15, 0.2) is 44.9 Å². The highest BCUT2D eigenvalue weighted by atomic mass is 32.2. The average Bonchev–Trinajstić information content (AvgIpc) is 3.15. The smallest absolute Gasteiger partial charge is 0.252 e. The molecule has 0 atom stereocenters. The lowest BCUT2D eigenvalue weighted by molar-refractivity contribution is 0.297. The quantitative estimate of drug-likeness (QED) is 0.510. The zero-order chi connectivity index (χ0) is 20.7. The van der Waals surface area contributed by atoms with E-state index >= 15 is 0 Å². The van der Waals surface area contributed by atoms with Crippen molar-refractivity contribution in [1.82, 2.24) is 9.62 Å². The Labute approximate surface area is 175 Å². The number of sulfonamides is 1. The van der Waals surface area contributed by atoms with Gasteiger partial charge in [0.25, 0.3) is 10.0 Å². The molecule has 0 saturated carbocycles. The van der Waals surface area contributed by atoms with Gasteiger partial charge in [0.2, 0.25) is 0 Å². The largest absolute Gasteiger partial charge is 0.490 e. The van der Waals surface area contributed by atoms with Crippen LogP contribution in [-0.4, -0.2) is 58.6 Å². The summed E-state index contributed by atoms with van der Waals surface area (Å²) in [6.45, 7) is 4.51. The molecule has 29 heavy (non-hydrogen) atoms. The number of aliphatic imine (C=N–C) groups is 1. The molecule has 0 radical (unpaired) electrons. The van der Waals surface area contributed by atoms with E-state index in [1.165, 1.54) is 15.6 Å². The van der Waals surface area contributed by atoms with Crippen LogP contribution in [0.5, 0.6) is 11.5 Å². The second kappa shape index (κ2) is 9.95. The van der Waals surface area contributed by atoms with Gasteiger partial charge in [0.15, 0.2) is 17.5 Å². The van der Waals surface area contributed by atoms with Gasteiger partial charge in [-0.05, 0) is 30.5 Å². The molecule has 158 valence electrons. The maximum atomic E-state index is 12.5. The maximum Gasteiger partial charge on any atom is 0.252 e. The van der Waals surface area contributed by atoms with Crippen LogP contribution in [0.2, 0.25) is 0 Å². The Hall–Kier alpha value is -2.30. The Morgan fingerprint density at radius 2 is 2.03 bits per heavy atom. The van der Waals surface area contributed by atoms with E-state index < -0.39 is 10.0 Å². The Bertz CT molecular complexity index is 930. The zero-order valence-corrected chi connectivity index (χ0v) is 18.2. The van der Waals surface area contributed by atoms with Crippen molar-refractivity contribution in [3.63, 3.8) is 0 Å². The van der Waals surface area contributed by atoms with Gasteiger partial charge in [0.1, 0.15) is 4.21 Å². The minimum Gasteiger partial charge on any atom is -0.490 e. The van der Waals surface area contributed by atoms with Gasteiger partial charge in [-0.15, -0.1) is 11.3 Å². The van der Waals surface area contributed by atoms with Gasteiger partial charge in [0, 0.05) is 38.3 Å². The Morgan fingerprint density at radius 1 is 1.24 bits per heavy atom. The topological polar surface area (TPSA) is 92.3 Å². The summed E-state index contributed by atoms with van der Waals surface area (Å²) in [6.07, 6.45) is 0.851. The summed E-state index contributed by atoms with van der Waals surface area (Å²) in [5, 5.41) is 8.14. The summed E-state index contributed by atoms with van der Waals surface area (Å²) in [5.74, 6) is 2.00. The van der Waals surface area contributed by atoms with Gasteiger partial charge in [0.05, 0.1) is 19.8 Å². The summed E-state index contributed by atoms with van der Waals surface area (Å²) in [5.41, 5.74) is 0.813. The molecule has 8 nitrogen and oxygen atoms in total. The van der Waals surface area contributed by atoms with Crippen molar-refractivity contribution in [3.05, 3.63) is 35.7 Å². The van der Waals surface area contributed by atoms with Gasteiger partial charge in [-0.2, -0.15) is 4.31 Å². The van der Waals surface area contributed by atoms with E-state index in [1.807, 2.05) is 25.1 Å². The molecule has 1 aliphatic heterocycles. The second-order valence-electron chi connectivity index (χ2n) is 6.36. The van der Waals surface area contributed by atoms with Gasteiger partial charge in [-0.25, -0.2) is 8.42 Å². The summed E-state index contributed by atoms with van der Waals surface area (Å²) in [4.78, 5) is 4.49. The van der Waals surface area contributed by atoms with Crippen LogP contribution in [-0.2, 0) is 10.0 Å². The monoisotopic (exact) mass is 438 g/mol. The molecule has 2 aromatic rings. The van der Waals surface area contributed by atoms with Gasteiger partial charge < -0.3 is 20.1 Å². The summed E-state index contributed by atoms with van der Waals surface area (Å²) >= 11 is 1.21. The molecule has 0 unspecified atom stereocenters. The van der Waals surface area contributed by atoms with E-state index in [2.05, 4.69) is 15.6 Å². The summed E-state index contributed by atoms with van der Waals surface area (Å²) in [7, 11) is -1.90. The zero-order valence-electron chi connectivity index (χ0n) is 16.6. The van der Waals surface area contributed by atoms with Crippen LogP contribution in [0.25, 0.3) is 0 Å². The van der Waals surface area contributed by atoms with E-state index in [4.69, 9.17) is 9.47 Å². The van der Waals surface area contributed by atoms with E-state index in [-0.39, 0.29) is 6.54 Å². The molecule has 10 heteroatoms. The molecule has 0 saturated heterocycles. The van der Waals surface area contributed by atoms with Crippen LogP contribution in [0, 0.1) is 0 Å². The fourth-order valence-corrected chi connectivity index (χ4v) is 5.03. The van der Waals surface area contributed by atoms with E-state index in [1.54, 1.807) is 24.6 Å². The molecule has 1 aromatic heterocycles. The van der Waals surface area contributed by atoms with Crippen LogP contribution < -0.4 is 20.1 Å². The molecule has 0 bridgehead atoms. The van der Waals surface area contributed by atoms with Crippen molar-refractivity contribution in [2.24, 2.45) is 4.99 Å². The number of hydrogen-bond acceptors (Lipinski definition) is 6. The first-order chi connectivity index (χ1) is 14.0. The number of rotatable bonds is 7.